The number of unbranched alkanes of at least 4 members (excludes halogenated alkanes) is 1. The van der Waals surface area contributed by atoms with Gasteiger partial charge in [-0.05, 0) is 50.3 Å². The predicted octanol–water partition coefficient (Wildman–Crippen LogP) is 3.13. The number of hydrogen-bond donors (Lipinski definition) is 1. The molecule has 0 saturated heterocycles. The molecule has 0 amide bonds. The molecule has 0 bridgehead atoms. The lowest BCUT2D eigenvalue weighted by atomic mass is 10.1. The molecule has 0 aliphatic carbocycles. The number of hydrogen-bond acceptors (Lipinski definition) is 4. The molecule has 0 atom stereocenters. The van der Waals surface area contributed by atoms with Crippen LogP contribution in [0, 0.1) is 25.2 Å². The van der Waals surface area contributed by atoms with Crippen molar-refractivity contribution in [3.63, 3.8) is 0 Å². The Morgan fingerprint density at radius 2 is 2.18 bits per heavy atom. The fourth-order valence-corrected chi connectivity index (χ4v) is 2.18. The SMILES string of the molecule is CSCCCCNc1nc(C)cc(C)c1C#N. The molecule has 1 rings (SSSR count). The first-order valence-corrected chi connectivity index (χ1v) is 7.19. The van der Waals surface area contributed by atoms with E-state index in [2.05, 4.69) is 22.6 Å². The molecule has 4 heteroatoms. The summed E-state index contributed by atoms with van der Waals surface area (Å²) in [5.41, 5.74) is 2.61. The summed E-state index contributed by atoms with van der Waals surface area (Å²) in [6, 6.07) is 4.16. The molecule has 0 unspecified atom stereocenters. The summed E-state index contributed by atoms with van der Waals surface area (Å²) >= 11 is 1.86. The number of nitriles is 1. The summed E-state index contributed by atoms with van der Waals surface area (Å²) in [5.74, 6) is 1.92. The Morgan fingerprint density at radius 3 is 2.82 bits per heavy atom. The molecule has 0 aromatic carbocycles. The average molecular weight is 249 g/mol. The Balaban J connectivity index is 2.61. The van der Waals surface area contributed by atoms with Gasteiger partial charge in [-0.25, -0.2) is 4.98 Å². The van der Waals surface area contributed by atoms with Crippen LogP contribution in [0.4, 0.5) is 5.82 Å². The van der Waals surface area contributed by atoms with E-state index in [0.29, 0.717) is 5.56 Å². The van der Waals surface area contributed by atoms with E-state index in [-0.39, 0.29) is 0 Å². The first-order chi connectivity index (χ1) is 8.19. The Morgan fingerprint density at radius 1 is 1.41 bits per heavy atom. The fourth-order valence-electron chi connectivity index (χ4n) is 1.68. The van der Waals surface area contributed by atoms with E-state index < -0.39 is 0 Å². The molecule has 0 radical (unpaired) electrons. The van der Waals surface area contributed by atoms with E-state index in [4.69, 9.17) is 5.26 Å². The maximum atomic E-state index is 9.10. The summed E-state index contributed by atoms with van der Waals surface area (Å²) < 4.78 is 0. The van der Waals surface area contributed by atoms with E-state index in [1.807, 2.05) is 31.7 Å². The van der Waals surface area contributed by atoms with Gasteiger partial charge in [0.15, 0.2) is 0 Å². The molecule has 0 saturated carbocycles. The first kappa shape index (κ1) is 13.9. The Labute approximate surface area is 108 Å². The van der Waals surface area contributed by atoms with Gasteiger partial charge in [0.1, 0.15) is 11.9 Å². The maximum absolute atomic E-state index is 9.10. The molecule has 1 aromatic heterocycles. The number of aromatic nitrogens is 1. The zero-order valence-corrected chi connectivity index (χ0v) is 11.5. The van der Waals surface area contributed by atoms with Crippen molar-refractivity contribution in [1.82, 2.24) is 4.98 Å². The van der Waals surface area contributed by atoms with Crippen LogP contribution in [0.3, 0.4) is 0 Å². The molecule has 0 spiro atoms. The quantitative estimate of drug-likeness (QED) is 0.787. The van der Waals surface area contributed by atoms with Gasteiger partial charge in [0.25, 0.3) is 0 Å². The van der Waals surface area contributed by atoms with E-state index in [9.17, 15) is 0 Å². The number of nitrogens with zero attached hydrogens (tertiary/aromatic N) is 2. The van der Waals surface area contributed by atoms with E-state index in [1.54, 1.807) is 0 Å². The van der Waals surface area contributed by atoms with Crippen LogP contribution < -0.4 is 5.32 Å². The highest BCUT2D eigenvalue weighted by molar-refractivity contribution is 7.98. The van der Waals surface area contributed by atoms with Gasteiger partial charge in [-0.3, -0.25) is 0 Å². The molecule has 92 valence electrons. The van der Waals surface area contributed by atoms with Gasteiger partial charge >= 0.3 is 0 Å². The van der Waals surface area contributed by atoms with Gasteiger partial charge in [-0.1, -0.05) is 0 Å². The van der Waals surface area contributed by atoms with Gasteiger partial charge in [0.05, 0.1) is 5.56 Å². The molecule has 1 aromatic rings. The van der Waals surface area contributed by atoms with Gasteiger partial charge in [-0.2, -0.15) is 17.0 Å². The minimum absolute atomic E-state index is 0.667. The molecule has 1 N–H and O–H groups in total. The number of anilines is 1. The fraction of sp³-hybridized carbons (Fsp3) is 0.538. The maximum Gasteiger partial charge on any atom is 0.144 e. The summed E-state index contributed by atoms with van der Waals surface area (Å²) in [6.07, 6.45) is 4.42. The summed E-state index contributed by atoms with van der Waals surface area (Å²) in [4.78, 5) is 4.38. The molecule has 1 heterocycles. The molecule has 0 fully saturated rings. The van der Waals surface area contributed by atoms with Gasteiger partial charge < -0.3 is 5.32 Å². The number of aryl methyl sites for hydroxylation is 2. The van der Waals surface area contributed by atoms with Crippen LogP contribution in [0.25, 0.3) is 0 Å². The van der Waals surface area contributed by atoms with Crippen molar-refractivity contribution in [1.29, 1.82) is 5.26 Å². The second-order valence-corrected chi connectivity index (χ2v) is 5.03. The molecule has 0 aliphatic rings. The van der Waals surface area contributed by atoms with Crippen LogP contribution in [0.5, 0.6) is 0 Å². The number of thioether (sulfide) groups is 1. The van der Waals surface area contributed by atoms with Crippen LogP contribution in [0.2, 0.25) is 0 Å². The zero-order chi connectivity index (χ0) is 12.7. The molecule has 17 heavy (non-hydrogen) atoms. The third-order valence-corrected chi connectivity index (χ3v) is 3.22. The topological polar surface area (TPSA) is 48.7 Å². The van der Waals surface area contributed by atoms with Crippen LogP contribution in [0.1, 0.15) is 29.7 Å². The first-order valence-electron chi connectivity index (χ1n) is 5.80. The summed E-state index contributed by atoms with van der Waals surface area (Å²) in [5, 5.41) is 12.4. The highest BCUT2D eigenvalue weighted by Crippen LogP contribution is 2.17. The lowest BCUT2D eigenvalue weighted by Gasteiger charge is -2.09. The van der Waals surface area contributed by atoms with Crippen molar-refractivity contribution in [3.05, 3.63) is 22.9 Å². The second-order valence-electron chi connectivity index (χ2n) is 4.04. The van der Waals surface area contributed by atoms with Gasteiger partial charge in [0, 0.05) is 12.2 Å². The Bertz CT molecular complexity index is 410. The second kappa shape index (κ2) is 7.18. The largest absolute Gasteiger partial charge is 0.369 e. The minimum Gasteiger partial charge on any atom is -0.369 e. The number of nitrogens with one attached hydrogen (secondary N) is 1. The standard InChI is InChI=1S/C13H19N3S/c1-10-8-11(2)16-13(12(10)9-14)15-6-4-5-7-17-3/h8H,4-7H2,1-3H3,(H,15,16). The Hall–Kier alpha value is -1.21. The highest BCUT2D eigenvalue weighted by atomic mass is 32.2. The van der Waals surface area contributed by atoms with Crippen molar-refractivity contribution in [2.45, 2.75) is 26.7 Å². The number of pyridine rings is 1. The zero-order valence-electron chi connectivity index (χ0n) is 10.7. The monoisotopic (exact) mass is 249 g/mol. The van der Waals surface area contributed by atoms with Crippen LogP contribution in [-0.2, 0) is 0 Å². The van der Waals surface area contributed by atoms with Gasteiger partial charge in [0.2, 0.25) is 0 Å². The van der Waals surface area contributed by atoms with Crippen molar-refractivity contribution in [2.24, 2.45) is 0 Å². The normalized spacial score (nSPS) is 10.0. The molecule has 3 nitrogen and oxygen atoms in total. The smallest absolute Gasteiger partial charge is 0.144 e. The van der Waals surface area contributed by atoms with Gasteiger partial charge in [-0.15, -0.1) is 0 Å². The van der Waals surface area contributed by atoms with E-state index >= 15 is 0 Å². The van der Waals surface area contributed by atoms with Crippen LogP contribution >= 0.6 is 11.8 Å². The van der Waals surface area contributed by atoms with E-state index in [0.717, 1.165) is 30.0 Å². The summed E-state index contributed by atoms with van der Waals surface area (Å²) in [7, 11) is 0. The number of rotatable bonds is 6. The average Bonchev–Trinajstić information content (AvgIpc) is 2.28. The minimum atomic E-state index is 0.667. The molecule has 0 aliphatic heterocycles. The van der Waals surface area contributed by atoms with Crippen molar-refractivity contribution in [2.75, 3.05) is 23.9 Å². The lowest BCUT2D eigenvalue weighted by Crippen LogP contribution is -2.07. The van der Waals surface area contributed by atoms with Crippen molar-refractivity contribution < 1.29 is 0 Å². The molecular weight excluding hydrogens is 230 g/mol. The Kier molecular flexibility index (Phi) is 5.85. The third kappa shape index (κ3) is 4.27. The lowest BCUT2D eigenvalue weighted by molar-refractivity contribution is 0.838. The van der Waals surface area contributed by atoms with E-state index in [1.165, 1.54) is 12.2 Å². The highest BCUT2D eigenvalue weighted by Gasteiger charge is 2.07. The summed E-state index contributed by atoms with van der Waals surface area (Å²) in [6.45, 7) is 4.78. The van der Waals surface area contributed by atoms with Crippen LogP contribution in [-0.4, -0.2) is 23.5 Å². The predicted molar refractivity (Wildman–Crippen MR) is 74.5 cm³/mol. The van der Waals surface area contributed by atoms with Crippen molar-refractivity contribution >= 4 is 17.6 Å². The third-order valence-electron chi connectivity index (χ3n) is 2.52. The van der Waals surface area contributed by atoms with Crippen LogP contribution in [0.15, 0.2) is 6.07 Å². The van der Waals surface area contributed by atoms with Crippen molar-refractivity contribution in [3.8, 4) is 6.07 Å². The molecular formula is C13H19N3S.